The average molecular weight is 386 g/mol. The highest BCUT2D eigenvalue weighted by atomic mass is 79.9. The van der Waals surface area contributed by atoms with Gasteiger partial charge >= 0.3 is 0 Å². The molecule has 3 nitrogen and oxygen atoms in total. The highest BCUT2D eigenvalue weighted by molar-refractivity contribution is 9.11. The first-order valence-corrected chi connectivity index (χ1v) is 7.92. The van der Waals surface area contributed by atoms with Gasteiger partial charge in [0.25, 0.3) is 0 Å². The summed E-state index contributed by atoms with van der Waals surface area (Å²) in [4.78, 5) is 4.43. The van der Waals surface area contributed by atoms with Crippen molar-refractivity contribution in [3.05, 3.63) is 50.6 Å². The fourth-order valence-electron chi connectivity index (χ4n) is 2.49. The number of hydrogen-bond acceptors (Lipinski definition) is 3. The molecule has 0 radical (unpaired) electrons. The zero-order valence-electron chi connectivity index (χ0n) is 10.3. The van der Waals surface area contributed by atoms with E-state index in [0.29, 0.717) is 6.04 Å². The van der Waals surface area contributed by atoms with Gasteiger partial charge in [-0.15, -0.1) is 0 Å². The summed E-state index contributed by atoms with van der Waals surface area (Å²) in [5.41, 5.74) is 2.33. The molecule has 5 heteroatoms. The predicted molar refractivity (Wildman–Crippen MR) is 80.9 cm³/mol. The molecule has 1 aliphatic rings. The molecular weight excluding hydrogens is 372 g/mol. The number of pyridine rings is 1. The van der Waals surface area contributed by atoms with Crippen LogP contribution in [0.5, 0.6) is 0 Å². The van der Waals surface area contributed by atoms with Crippen molar-refractivity contribution < 1.29 is 4.42 Å². The van der Waals surface area contributed by atoms with Crippen molar-refractivity contribution in [2.24, 2.45) is 0 Å². The van der Waals surface area contributed by atoms with E-state index in [2.05, 4.69) is 48.2 Å². The van der Waals surface area contributed by atoms with E-state index < -0.39 is 0 Å². The molecule has 0 aromatic carbocycles. The first kappa shape index (κ1) is 13.3. The van der Waals surface area contributed by atoms with Gasteiger partial charge in [0.2, 0.25) is 0 Å². The highest BCUT2D eigenvalue weighted by Crippen LogP contribution is 2.31. The standard InChI is InChI=1S/C14H14Br2N2O/c15-9-6-11(16)13(17-7-9)8-18-12-2-1-3-14-10(12)4-5-19-14/h4-7,12,18H,1-3,8H2. The van der Waals surface area contributed by atoms with Gasteiger partial charge in [0, 0.05) is 39.7 Å². The number of rotatable bonds is 3. The molecular formula is C14H14Br2N2O. The van der Waals surface area contributed by atoms with Crippen molar-refractivity contribution in [3.63, 3.8) is 0 Å². The second kappa shape index (κ2) is 5.77. The van der Waals surface area contributed by atoms with Gasteiger partial charge in [0.05, 0.1) is 12.0 Å². The number of nitrogens with one attached hydrogen (secondary N) is 1. The van der Waals surface area contributed by atoms with Crippen molar-refractivity contribution in [1.29, 1.82) is 0 Å². The van der Waals surface area contributed by atoms with E-state index >= 15 is 0 Å². The summed E-state index contributed by atoms with van der Waals surface area (Å²) in [6.07, 6.45) is 7.00. The van der Waals surface area contributed by atoms with Gasteiger partial charge in [-0.3, -0.25) is 4.98 Å². The Morgan fingerprint density at radius 3 is 3.16 bits per heavy atom. The maximum absolute atomic E-state index is 5.51. The number of aryl methyl sites for hydroxylation is 1. The second-order valence-corrected chi connectivity index (χ2v) is 6.48. The van der Waals surface area contributed by atoms with Gasteiger partial charge in [0.15, 0.2) is 0 Å². The second-order valence-electron chi connectivity index (χ2n) is 4.71. The lowest BCUT2D eigenvalue weighted by molar-refractivity contribution is 0.409. The Hall–Kier alpha value is -0.650. The molecule has 19 heavy (non-hydrogen) atoms. The predicted octanol–water partition coefficient (Wildman–Crippen LogP) is 4.37. The molecule has 1 unspecified atom stereocenters. The van der Waals surface area contributed by atoms with Crippen LogP contribution in [0.1, 0.15) is 35.9 Å². The lowest BCUT2D eigenvalue weighted by atomic mass is 9.93. The highest BCUT2D eigenvalue weighted by Gasteiger charge is 2.22. The zero-order chi connectivity index (χ0) is 13.2. The first-order valence-electron chi connectivity index (χ1n) is 6.33. The molecule has 2 heterocycles. The van der Waals surface area contributed by atoms with Gasteiger partial charge in [-0.1, -0.05) is 0 Å². The molecule has 1 N–H and O–H groups in total. The molecule has 0 aliphatic heterocycles. The Bertz CT molecular complexity index is 583. The smallest absolute Gasteiger partial charge is 0.108 e. The summed E-state index contributed by atoms with van der Waals surface area (Å²) in [5, 5.41) is 3.57. The lowest BCUT2D eigenvalue weighted by Gasteiger charge is -2.22. The first-order chi connectivity index (χ1) is 9.24. The van der Waals surface area contributed by atoms with Crippen LogP contribution in [0.4, 0.5) is 0 Å². The Morgan fingerprint density at radius 1 is 1.42 bits per heavy atom. The number of furan rings is 1. The molecule has 0 saturated carbocycles. The molecule has 3 rings (SSSR count). The SMILES string of the molecule is Brc1cnc(CNC2CCCc3occc32)c(Br)c1. The molecule has 2 aromatic rings. The van der Waals surface area contributed by atoms with Crippen molar-refractivity contribution in [2.75, 3.05) is 0 Å². The van der Waals surface area contributed by atoms with Crippen molar-refractivity contribution in [2.45, 2.75) is 31.8 Å². The monoisotopic (exact) mass is 384 g/mol. The molecule has 0 amide bonds. The van der Waals surface area contributed by atoms with Crippen molar-refractivity contribution in [3.8, 4) is 0 Å². The van der Waals surface area contributed by atoms with Crippen LogP contribution in [0.3, 0.4) is 0 Å². The number of aromatic nitrogens is 1. The summed E-state index contributed by atoms with van der Waals surface area (Å²) in [6, 6.07) is 4.48. The Kier molecular flexibility index (Phi) is 4.05. The Labute approximate surface area is 129 Å². The molecule has 0 fully saturated rings. The van der Waals surface area contributed by atoms with E-state index in [9.17, 15) is 0 Å². The fourth-order valence-corrected chi connectivity index (χ4v) is 3.62. The maximum Gasteiger partial charge on any atom is 0.108 e. The molecule has 1 aliphatic carbocycles. The summed E-state index contributed by atoms with van der Waals surface area (Å²) < 4.78 is 7.52. The maximum atomic E-state index is 5.51. The molecule has 1 atom stereocenters. The van der Waals surface area contributed by atoms with Crippen LogP contribution >= 0.6 is 31.9 Å². The molecule has 0 spiro atoms. The van der Waals surface area contributed by atoms with Gasteiger partial charge in [-0.25, -0.2) is 0 Å². The van der Waals surface area contributed by atoms with Gasteiger partial charge in [-0.2, -0.15) is 0 Å². The Balaban J connectivity index is 1.71. The van der Waals surface area contributed by atoms with Crippen LogP contribution in [0, 0.1) is 0 Å². The minimum absolute atomic E-state index is 0.375. The van der Waals surface area contributed by atoms with E-state index in [0.717, 1.165) is 39.8 Å². The minimum atomic E-state index is 0.375. The quantitative estimate of drug-likeness (QED) is 0.852. The van der Waals surface area contributed by atoms with Gasteiger partial charge in [0.1, 0.15) is 5.76 Å². The van der Waals surface area contributed by atoms with Crippen molar-refractivity contribution in [1.82, 2.24) is 10.3 Å². The third-order valence-corrected chi connectivity index (χ3v) is 4.57. The fraction of sp³-hybridized carbons (Fsp3) is 0.357. The average Bonchev–Trinajstić information content (AvgIpc) is 2.86. The number of fused-ring (bicyclic) bond motifs is 1. The van der Waals surface area contributed by atoms with Gasteiger partial charge in [-0.05, 0) is 56.8 Å². The third kappa shape index (κ3) is 2.93. The van der Waals surface area contributed by atoms with Crippen molar-refractivity contribution >= 4 is 31.9 Å². The van der Waals surface area contributed by atoms with Crippen LogP contribution < -0.4 is 5.32 Å². The van der Waals surface area contributed by atoms with E-state index in [1.807, 2.05) is 12.3 Å². The topological polar surface area (TPSA) is 38.1 Å². The molecule has 0 saturated heterocycles. The van der Waals surface area contributed by atoms with Crippen LogP contribution in [-0.2, 0) is 13.0 Å². The molecule has 2 aromatic heterocycles. The van der Waals surface area contributed by atoms with E-state index in [-0.39, 0.29) is 0 Å². The van der Waals surface area contributed by atoms with E-state index in [1.54, 1.807) is 6.26 Å². The van der Waals surface area contributed by atoms with E-state index in [4.69, 9.17) is 4.42 Å². The minimum Gasteiger partial charge on any atom is -0.469 e. The normalized spacial score (nSPS) is 18.3. The number of halogens is 2. The third-order valence-electron chi connectivity index (χ3n) is 3.45. The summed E-state index contributed by atoms with van der Waals surface area (Å²) in [7, 11) is 0. The molecule has 100 valence electrons. The largest absolute Gasteiger partial charge is 0.469 e. The lowest BCUT2D eigenvalue weighted by Crippen LogP contribution is -2.24. The number of nitrogens with zero attached hydrogens (tertiary/aromatic N) is 1. The van der Waals surface area contributed by atoms with Crippen LogP contribution in [0.15, 0.2) is 38.0 Å². The summed E-state index contributed by atoms with van der Waals surface area (Å²) in [6.45, 7) is 0.753. The van der Waals surface area contributed by atoms with Crippen LogP contribution in [0.25, 0.3) is 0 Å². The molecule has 0 bridgehead atoms. The zero-order valence-corrected chi connectivity index (χ0v) is 13.5. The Morgan fingerprint density at radius 2 is 2.32 bits per heavy atom. The van der Waals surface area contributed by atoms with Gasteiger partial charge < -0.3 is 9.73 Å². The summed E-state index contributed by atoms with van der Waals surface area (Å²) in [5.74, 6) is 1.13. The number of hydrogen-bond donors (Lipinski definition) is 1. The van der Waals surface area contributed by atoms with Crippen LogP contribution in [0.2, 0.25) is 0 Å². The summed E-state index contributed by atoms with van der Waals surface area (Å²) >= 11 is 6.96. The van der Waals surface area contributed by atoms with E-state index in [1.165, 1.54) is 12.0 Å². The van der Waals surface area contributed by atoms with Crippen LogP contribution in [-0.4, -0.2) is 4.98 Å².